The molecule has 1 aliphatic rings. The Bertz CT molecular complexity index is 434. The Morgan fingerprint density at radius 2 is 2.06 bits per heavy atom. The van der Waals surface area contributed by atoms with Gasteiger partial charge in [-0.05, 0) is 12.1 Å². The van der Waals surface area contributed by atoms with Gasteiger partial charge in [0.15, 0.2) is 0 Å². The number of rotatable bonds is 2. The van der Waals surface area contributed by atoms with E-state index in [1.54, 1.807) is 24.3 Å². The van der Waals surface area contributed by atoms with Crippen molar-refractivity contribution in [1.29, 1.82) is 0 Å². The number of alkyl halides is 1. The fourth-order valence-corrected chi connectivity index (χ4v) is 1.71. The van der Waals surface area contributed by atoms with Crippen LogP contribution in [0.15, 0.2) is 24.3 Å². The van der Waals surface area contributed by atoms with Gasteiger partial charge in [-0.1, -0.05) is 12.1 Å². The van der Waals surface area contributed by atoms with Crippen molar-refractivity contribution >= 4 is 17.5 Å². The van der Waals surface area contributed by atoms with E-state index in [9.17, 15) is 14.0 Å². The van der Waals surface area contributed by atoms with E-state index >= 15 is 0 Å². The molecule has 0 saturated heterocycles. The molecule has 0 unspecified atom stereocenters. The number of amides is 2. The van der Waals surface area contributed by atoms with Crippen molar-refractivity contribution in [2.75, 3.05) is 24.7 Å². The predicted molar refractivity (Wildman–Crippen MR) is 57.1 cm³/mol. The minimum atomic E-state index is -0.631. The number of carbonyl (C=O) groups excluding carboxylic acids is 2. The first kappa shape index (κ1) is 10.6. The maximum atomic E-state index is 12.4. The molecule has 16 heavy (non-hydrogen) atoms. The average Bonchev–Trinajstić information content (AvgIpc) is 2.42. The Kier molecular flexibility index (Phi) is 2.85. The molecule has 2 amide bonds. The van der Waals surface area contributed by atoms with Gasteiger partial charge in [0.2, 0.25) is 5.91 Å². The largest absolute Gasteiger partial charge is 0.343 e. The highest BCUT2D eigenvalue weighted by Gasteiger charge is 2.25. The van der Waals surface area contributed by atoms with Crippen LogP contribution in [0.25, 0.3) is 0 Å². The van der Waals surface area contributed by atoms with E-state index in [-0.39, 0.29) is 24.9 Å². The van der Waals surface area contributed by atoms with Gasteiger partial charge in [-0.25, -0.2) is 4.39 Å². The molecule has 0 bridgehead atoms. The van der Waals surface area contributed by atoms with Crippen LogP contribution in [-0.4, -0.2) is 31.6 Å². The number of para-hydroxylation sites is 1. The van der Waals surface area contributed by atoms with Gasteiger partial charge < -0.3 is 10.2 Å². The van der Waals surface area contributed by atoms with Crippen molar-refractivity contribution < 1.29 is 14.0 Å². The van der Waals surface area contributed by atoms with Crippen molar-refractivity contribution in [3.8, 4) is 0 Å². The van der Waals surface area contributed by atoms with Crippen molar-refractivity contribution in [2.45, 2.75) is 0 Å². The molecule has 0 radical (unpaired) electrons. The molecule has 1 N–H and O–H groups in total. The zero-order valence-corrected chi connectivity index (χ0v) is 8.57. The van der Waals surface area contributed by atoms with E-state index in [2.05, 4.69) is 5.32 Å². The Hall–Kier alpha value is -1.91. The first-order chi connectivity index (χ1) is 7.74. The molecule has 84 valence electrons. The summed E-state index contributed by atoms with van der Waals surface area (Å²) in [6, 6.07) is 6.69. The van der Waals surface area contributed by atoms with Crippen LogP contribution in [0, 0.1) is 0 Å². The second kappa shape index (κ2) is 4.30. The molecule has 2 rings (SSSR count). The third kappa shape index (κ3) is 1.76. The lowest BCUT2D eigenvalue weighted by atomic mass is 10.1. The predicted octanol–water partition coefficient (Wildman–Crippen LogP) is 0.732. The van der Waals surface area contributed by atoms with E-state index < -0.39 is 6.67 Å². The monoisotopic (exact) mass is 222 g/mol. The van der Waals surface area contributed by atoms with Gasteiger partial charge in [0.05, 0.1) is 24.3 Å². The fourth-order valence-electron chi connectivity index (χ4n) is 1.71. The summed E-state index contributed by atoms with van der Waals surface area (Å²) >= 11 is 0. The number of fused-ring (bicyclic) bond motifs is 1. The number of hydrogen-bond donors (Lipinski definition) is 1. The second-order valence-corrected chi connectivity index (χ2v) is 3.43. The minimum Gasteiger partial charge on any atom is -0.343 e. The molecule has 5 heteroatoms. The van der Waals surface area contributed by atoms with Gasteiger partial charge in [-0.15, -0.1) is 0 Å². The Morgan fingerprint density at radius 3 is 2.81 bits per heavy atom. The number of benzene rings is 1. The summed E-state index contributed by atoms with van der Waals surface area (Å²) in [5.41, 5.74) is 0.877. The van der Waals surface area contributed by atoms with Crippen LogP contribution in [0.1, 0.15) is 10.4 Å². The van der Waals surface area contributed by atoms with Crippen molar-refractivity contribution in [3.05, 3.63) is 29.8 Å². The summed E-state index contributed by atoms with van der Waals surface area (Å²) in [5, 5.41) is 2.49. The summed E-state index contributed by atoms with van der Waals surface area (Å²) in [6.45, 7) is -0.743. The fraction of sp³-hybridized carbons (Fsp3) is 0.273. The third-order valence-corrected chi connectivity index (χ3v) is 2.45. The van der Waals surface area contributed by atoms with E-state index in [1.165, 1.54) is 4.90 Å². The Morgan fingerprint density at radius 1 is 1.31 bits per heavy atom. The standard InChI is InChI=1S/C11H11FN2O2/c12-5-6-14-9-4-2-1-3-8(9)11(16)13-7-10(14)15/h1-4H,5-7H2,(H,13,16). The van der Waals surface area contributed by atoms with Gasteiger partial charge in [-0.3, -0.25) is 9.59 Å². The van der Waals surface area contributed by atoms with Gasteiger partial charge in [-0.2, -0.15) is 0 Å². The Balaban J connectivity index is 2.48. The zero-order chi connectivity index (χ0) is 11.5. The summed E-state index contributed by atoms with van der Waals surface area (Å²) in [6.07, 6.45) is 0. The molecular weight excluding hydrogens is 211 g/mol. The number of nitrogens with zero attached hydrogens (tertiary/aromatic N) is 1. The van der Waals surface area contributed by atoms with Crippen LogP contribution < -0.4 is 10.2 Å². The van der Waals surface area contributed by atoms with E-state index in [4.69, 9.17) is 0 Å². The van der Waals surface area contributed by atoms with Gasteiger partial charge >= 0.3 is 0 Å². The highest BCUT2D eigenvalue weighted by atomic mass is 19.1. The number of nitrogens with one attached hydrogen (secondary N) is 1. The minimum absolute atomic E-state index is 0.0230. The van der Waals surface area contributed by atoms with E-state index in [0.29, 0.717) is 11.3 Å². The number of carbonyl (C=O) groups is 2. The van der Waals surface area contributed by atoms with Crippen LogP contribution in [0.4, 0.5) is 10.1 Å². The van der Waals surface area contributed by atoms with Crippen LogP contribution in [0.3, 0.4) is 0 Å². The zero-order valence-electron chi connectivity index (χ0n) is 8.57. The van der Waals surface area contributed by atoms with Crippen molar-refractivity contribution in [2.24, 2.45) is 0 Å². The molecule has 1 aromatic rings. The molecule has 0 aliphatic carbocycles. The maximum absolute atomic E-state index is 12.4. The molecule has 0 aromatic heterocycles. The molecular formula is C11H11FN2O2. The lowest BCUT2D eigenvalue weighted by Crippen LogP contribution is -2.37. The van der Waals surface area contributed by atoms with Crippen LogP contribution in [0.2, 0.25) is 0 Å². The highest BCUT2D eigenvalue weighted by molar-refractivity contribution is 6.09. The topological polar surface area (TPSA) is 49.4 Å². The quantitative estimate of drug-likeness (QED) is 0.802. The lowest BCUT2D eigenvalue weighted by molar-refractivity contribution is -0.117. The third-order valence-electron chi connectivity index (χ3n) is 2.45. The van der Waals surface area contributed by atoms with E-state index in [1.807, 2.05) is 0 Å². The smallest absolute Gasteiger partial charge is 0.253 e. The van der Waals surface area contributed by atoms with Crippen molar-refractivity contribution in [3.63, 3.8) is 0 Å². The maximum Gasteiger partial charge on any atom is 0.253 e. The number of halogens is 1. The summed E-state index contributed by atoms with van der Waals surface area (Å²) in [5.74, 6) is -0.596. The Labute approximate surface area is 92.0 Å². The van der Waals surface area contributed by atoms with Crippen molar-refractivity contribution in [1.82, 2.24) is 5.32 Å². The summed E-state index contributed by atoms with van der Waals surface area (Å²) < 4.78 is 12.4. The van der Waals surface area contributed by atoms with Gasteiger partial charge in [0.25, 0.3) is 5.91 Å². The normalized spacial score (nSPS) is 15.4. The highest BCUT2D eigenvalue weighted by Crippen LogP contribution is 2.22. The first-order valence-electron chi connectivity index (χ1n) is 4.97. The first-order valence-corrected chi connectivity index (χ1v) is 4.97. The molecule has 0 spiro atoms. The molecule has 1 aliphatic heterocycles. The SMILES string of the molecule is O=C1NCC(=O)N(CCF)c2ccccc21. The summed E-state index contributed by atoms with van der Waals surface area (Å²) in [7, 11) is 0. The van der Waals surface area contributed by atoms with Gasteiger partial charge in [0, 0.05) is 0 Å². The molecule has 4 nitrogen and oxygen atoms in total. The number of anilines is 1. The van der Waals surface area contributed by atoms with Gasteiger partial charge in [0.1, 0.15) is 6.67 Å². The van der Waals surface area contributed by atoms with Crippen LogP contribution >= 0.6 is 0 Å². The number of hydrogen-bond acceptors (Lipinski definition) is 2. The van der Waals surface area contributed by atoms with Crippen LogP contribution in [0.5, 0.6) is 0 Å². The second-order valence-electron chi connectivity index (χ2n) is 3.43. The van der Waals surface area contributed by atoms with E-state index in [0.717, 1.165) is 0 Å². The average molecular weight is 222 g/mol. The van der Waals surface area contributed by atoms with Crippen LogP contribution in [-0.2, 0) is 4.79 Å². The molecule has 1 heterocycles. The molecule has 0 fully saturated rings. The molecule has 0 atom stereocenters. The molecule has 1 aromatic carbocycles. The lowest BCUT2D eigenvalue weighted by Gasteiger charge is -2.20. The molecule has 0 saturated carbocycles. The summed E-state index contributed by atoms with van der Waals surface area (Å²) in [4.78, 5) is 24.6.